The van der Waals surface area contributed by atoms with Gasteiger partial charge < -0.3 is 0 Å². The van der Waals surface area contributed by atoms with Crippen LogP contribution in [0.4, 0.5) is 0 Å². The van der Waals surface area contributed by atoms with Crippen molar-refractivity contribution < 1.29 is 4.79 Å². The van der Waals surface area contributed by atoms with Crippen LogP contribution in [0.1, 0.15) is 86.0 Å². The lowest BCUT2D eigenvalue weighted by Crippen LogP contribution is -2.39. The molecule has 0 saturated heterocycles. The van der Waals surface area contributed by atoms with E-state index in [2.05, 4.69) is 34.6 Å². The summed E-state index contributed by atoms with van der Waals surface area (Å²) in [5.41, 5.74) is 0.791. The first-order chi connectivity index (χ1) is 9.24. The highest BCUT2D eigenvalue weighted by Crippen LogP contribution is 2.57. The van der Waals surface area contributed by atoms with Crippen molar-refractivity contribution in [2.75, 3.05) is 0 Å². The number of hydrogen-bond donors (Lipinski definition) is 0. The molecule has 0 aromatic carbocycles. The number of carbonyl (C=O) groups is 1. The molecule has 0 amide bonds. The molecule has 0 aromatic rings. The molecule has 0 N–H and O–H groups in total. The smallest absolute Gasteiger partial charge is 0.136 e. The van der Waals surface area contributed by atoms with Gasteiger partial charge >= 0.3 is 0 Å². The lowest BCUT2D eigenvalue weighted by Gasteiger charge is -2.42. The second-order valence-electron chi connectivity index (χ2n) is 8.99. The lowest BCUT2D eigenvalue weighted by molar-refractivity contribution is -0.130. The van der Waals surface area contributed by atoms with Crippen molar-refractivity contribution in [1.82, 2.24) is 0 Å². The van der Waals surface area contributed by atoms with E-state index in [0.29, 0.717) is 22.5 Å². The van der Waals surface area contributed by atoms with E-state index >= 15 is 0 Å². The maximum atomic E-state index is 12.2. The Morgan fingerprint density at radius 1 is 1.30 bits per heavy atom. The van der Waals surface area contributed by atoms with Gasteiger partial charge in [0.25, 0.3) is 0 Å². The van der Waals surface area contributed by atoms with E-state index in [0.717, 1.165) is 24.7 Å². The molecule has 4 atom stereocenters. The number of rotatable bonds is 4. The molecule has 1 nitrogen and oxygen atoms in total. The van der Waals surface area contributed by atoms with Gasteiger partial charge in [-0.3, -0.25) is 4.79 Å². The Kier molecular flexibility index (Phi) is 4.66. The predicted molar refractivity (Wildman–Crippen MR) is 85.6 cm³/mol. The molecule has 2 unspecified atom stereocenters. The first kappa shape index (κ1) is 16.0. The average molecular weight is 278 g/mol. The van der Waals surface area contributed by atoms with Crippen molar-refractivity contribution in [3.63, 3.8) is 0 Å². The maximum Gasteiger partial charge on any atom is 0.136 e. The van der Waals surface area contributed by atoms with Crippen LogP contribution in [-0.2, 0) is 4.79 Å². The Labute approximate surface area is 125 Å². The van der Waals surface area contributed by atoms with Crippen LogP contribution in [0.3, 0.4) is 0 Å². The van der Waals surface area contributed by atoms with Gasteiger partial charge in [-0.05, 0) is 54.8 Å². The summed E-state index contributed by atoms with van der Waals surface area (Å²) in [7, 11) is 0. The van der Waals surface area contributed by atoms with Crippen molar-refractivity contribution in [1.29, 1.82) is 0 Å². The van der Waals surface area contributed by atoms with Gasteiger partial charge in [-0.25, -0.2) is 0 Å². The normalized spacial score (nSPS) is 36.0. The Bertz CT molecular complexity index is 351. The number of hydrogen-bond acceptors (Lipinski definition) is 1. The second-order valence-corrected chi connectivity index (χ2v) is 8.99. The van der Waals surface area contributed by atoms with E-state index in [1.54, 1.807) is 0 Å². The zero-order valence-corrected chi connectivity index (χ0v) is 14.3. The minimum atomic E-state index is 0.330. The van der Waals surface area contributed by atoms with Crippen LogP contribution in [-0.4, -0.2) is 5.78 Å². The number of ketones is 1. The number of carbonyl (C=O) groups excluding carboxylic acids is 1. The minimum Gasteiger partial charge on any atom is -0.299 e. The van der Waals surface area contributed by atoms with Gasteiger partial charge in [0, 0.05) is 12.3 Å². The van der Waals surface area contributed by atoms with Gasteiger partial charge in [0.1, 0.15) is 5.78 Å². The minimum absolute atomic E-state index is 0.330. The largest absolute Gasteiger partial charge is 0.299 e. The van der Waals surface area contributed by atoms with E-state index < -0.39 is 0 Å². The molecule has 2 saturated carbocycles. The molecular formula is C19H34O. The molecular weight excluding hydrogens is 244 g/mol. The third-order valence-electron chi connectivity index (χ3n) is 6.21. The fourth-order valence-electron chi connectivity index (χ4n) is 5.06. The standard InChI is InChI=1S/C19H34O/c1-14(8-6-12-18(2,3)4)15-10-11-16-17(20)9-7-13-19(15,16)5/h14-16H,6-13H2,1-5H3/t14-,15?,16?,19-/m1/s1. The molecule has 2 aliphatic carbocycles. The summed E-state index contributed by atoms with van der Waals surface area (Å²) in [6, 6.07) is 0. The highest BCUT2D eigenvalue weighted by Gasteiger charge is 2.52. The first-order valence-electron chi connectivity index (χ1n) is 8.77. The average Bonchev–Trinajstić information content (AvgIpc) is 2.66. The highest BCUT2D eigenvalue weighted by atomic mass is 16.1. The molecule has 0 spiro atoms. The molecule has 116 valence electrons. The van der Waals surface area contributed by atoms with Gasteiger partial charge in [-0.2, -0.15) is 0 Å². The molecule has 2 rings (SSSR count). The number of Topliss-reactive ketones (excluding diaryl/α,β-unsaturated/α-hetero) is 1. The summed E-state index contributed by atoms with van der Waals surface area (Å²) in [4.78, 5) is 12.2. The topological polar surface area (TPSA) is 17.1 Å². The summed E-state index contributed by atoms with van der Waals surface area (Å²) >= 11 is 0. The SMILES string of the molecule is C[C@H](CCCC(C)(C)C)C1CCC2C(=O)CCC[C@@]21C. The van der Waals surface area contributed by atoms with Crippen LogP contribution in [0.15, 0.2) is 0 Å². The zero-order valence-electron chi connectivity index (χ0n) is 14.3. The van der Waals surface area contributed by atoms with E-state index in [1.807, 2.05) is 0 Å². The number of fused-ring (bicyclic) bond motifs is 1. The fraction of sp³-hybridized carbons (Fsp3) is 0.947. The van der Waals surface area contributed by atoms with Crippen LogP contribution >= 0.6 is 0 Å². The summed E-state index contributed by atoms with van der Waals surface area (Å²) < 4.78 is 0. The quantitative estimate of drug-likeness (QED) is 0.652. The summed E-state index contributed by atoms with van der Waals surface area (Å²) in [5.74, 6) is 2.55. The van der Waals surface area contributed by atoms with E-state index in [9.17, 15) is 4.79 Å². The lowest BCUT2D eigenvalue weighted by atomic mass is 9.62. The first-order valence-corrected chi connectivity index (χ1v) is 8.77. The third kappa shape index (κ3) is 3.28. The molecule has 2 fully saturated rings. The third-order valence-corrected chi connectivity index (χ3v) is 6.21. The van der Waals surface area contributed by atoms with Crippen LogP contribution in [0.25, 0.3) is 0 Å². The molecule has 0 bridgehead atoms. The predicted octanol–water partition coefficient (Wildman–Crippen LogP) is 5.62. The summed E-state index contributed by atoms with van der Waals surface area (Å²) in [5, 5.41) is 0. The summed E-state index contributed by atoms with van der Waals surface area (Å²) in [6.45, 7) is 11.9. The van der Waals surface area contributed by atoms with Crippen molar-refractivity contribution in [2.24, 2.45) is 28.6 Å². The molecule has 20 heavy (non-hydrogen) atoms. The van der Waals surface area contributed by atoms with Crippen molar-refractivity contribution >= 4 is 5.78 Å². The monoisotopic (exact) mass is 278 g/mol. The van der Waals surface area contributed by atoms with Gasteiger partial charge in [0.05, 0.1) is 0 Å². The van der Waals surface area contributed by atoms with E-state index in [4.69, 9.17) is 0 Å². The van der Waals surface area contributed by atoms with E-state index in [-0.39, 0.29) is 0 Å². The van der Waals surface area contributed by atoms with Crippen molar-refractivity contribution in [3.8, 4) is 0 Å². The molecule has 0 radical (unpaired) electrons. The Morgan fingerprint density at radius 2 is 2.00 bits per heavy atom. The Hall–Kier alpha value is -0.330. The van der Waals surface area contributed by atoms with Crippen LogP contribution < -0.4 is 0 Å². The molecule has 2 aliphatic rings. The molecule has 1 heteroatoms. The second kappa shape index (κ2) is 5.81. The van der Waals surface area contributed by atoms with Crippen LogP contribution in [0.2, 0.25) is 0 Å². The summed E-state index contributed by atoms with van der Waals surface area (Å²) in [6.07, 6.45) is 9.75. The van der Waals surface area contributed by atoms with Crippen LogP contribution in [0.5, 0.6) is 0 Å². The molecule has 0 aliphatic heterocycles. The van der Waals surface area contributed by atoms with Crippen molar-refractivity contribution in [2.45, 2.75) is 86.0 Å². The van der Waals surface area contributed by atoms with Gasteiger partial charge in [-0.15, -0.1) is 0 Å². The molecule has 0 aromatic heterocycles. The van der Waals surface area contributed by atoms with E-state index in [1.165, 1.54) is 38.5 Å². The fourth-order valence-corrected chi connectivity index (χ4v) is 5.06. The Morgan fingerprint density at radius 3 is 2.65 bits per heavy atom. The van der Waals surface area contributed by atoms with Gasteiger partial charge in [0.2, 0.25) is 0 Å². The van der Waals surface area contributed by atoms with Gasteiger partial charge in [0.15, 0.2) is 0 Å². The Balaban J connectivity index is 1.93. The maximum absolute atomic E-state index is 12.2. The van der Waals surface area contributed by atoms with Crippen molar-refractivity contribution in [3.05, 3.63) is 0 Å². The highest BCUT2D eigenvalue weighted by molar-refractivity contribution is 5.83. The molecule has 0 heterocycles. The van der Waals surface area contributed by atoms with Crippen LogP contribution in [0, 0.1) is 28.6 Å². The van der Waals surface area contributed by atoms with Gasteiger partial charge in [-0.1, -0.05) is 47.5 Å². The zero-order chi connectivity index (χ0) is 15.0.